The maximum Gasteiger partial charge on any atom is 0.218 e. The Morgan fingerprint density at radius 1 is 1.33 bits per heavy atom. The summed E-state index contributed by atoms with van der Waals surface area (Å²) in [5.74, 6) is 7.63. The monoisotopic (exact) mass is 254 g/mol. The molecule has 1 rings (SSSR count). The van der Waals surface area contributed by atoms with Gasteiger partial charge in [0, 0.05) is 19.1 Å². The minimum Gasteiger partial charge on any atom is -0.475 e. The van der Waals surface area contributed by atoms with Gasteiger partial charge in [0.1, 0.15) is 18.2 Å². The lowest BCUT2D eigenvalue weighted by atomic mass is 10.2. The molecule has 0 aliphatic rings. The van der Waals surface area contributed by atoms with Crippen LogP contribution in [-0.4, -0.2) is 29.8 Å². The minimum absolute atomic E-state index is 0.469. The molecule has 0 radical (unpaired) electrons. The molecule has 0 saturated carbocycles. The summed E-state index contributed by atoms with van der Waals surface area (Å²) >= 11 is 0. The van der Waals surface area contributed by atoms with Crippen LogP contribution in [0.5, 0.6) is 5.88 Å². The molecule has 1 heterocycles. The number of aryl methyl sites for hydroxylation is 1. The van der Waals surface area contributed by atoms with Crippen molar-refractivity contribution in [2.24, 2.45) is 11.8 Å². The van der Waals surface area contributed by atoms with E-state index in [-0.39, 0.29) is 0 Å². The molecule has 3 N–H and O–H groups in total. The van der Waals surface area contributed by atoms with Gasteiger partial charge in [-0.3, -0.25) is 0 Å². The highest BCUT2D eigenvalue weighted by molar-refractivity contribution is 5.36. The Hall–Kier alpha value is -1.40. The van der Waals surface area contributed by atoms with Gasteiger partial charge in [-0.05, 0) is 5.92 Å². The Balaban J connectivity index is 2.41. The standard InChI is InChI=1S/C12H22N4O2/c1-4-10-14-11(16-13)7-12(15-10)18-6-5-17-8-9(2)3/h7,9H,4-6,8,13H2,1-3H3,(H,14,15,16). The van der Waals surface area contributed by atoms with Gasteiger partial charge in [0.15, 0.2) is 0 Å². The maximum atomic E-state index is 5.50. The summed E-state index contributed by atoms with van der Waals surface area (Å²) in [5, 5.41) is 0. The number of nitrogens with one attached hydrogen (secondary N) is 1. The Morgan fingerprint density at radius 3 is 2.72 bits per heavy atom. The summed E-state index contributed by atoms with van der Waals surface area (Å²) < 4.78 is 10.9. The summed E-state index contributed by atoms with van der Waals surface area (Å²) in [7, 11) is 0. The third-order valence-electron chi connectivity index (χ3n) is 2.14. The fraction of sp³-hybridized carbons (Fsp3) is 0.667. The topological polar surface area (TPSA) is 82.3 Å². The predicted octanol–water partition coefficient (Wildman–Crippen LogP) is 1.38. The quantitative estimate of drug-likeness (QED) is 0.414. The Morgan fingerprint density at radius 2 is 2.11 bits per heavy atom. The first-order valence-electron chi connectivity index (χ1n) is 6.20. The van der Waals surface area contributed by atoms with Gasteiger partial charge >= 0.3 is 0 Å². The van der Waals surface area contributed by atoms with Gasteiger partial charge in [0.05, 0.1) is 6.61 Å². The van der Waals surface area contributed by atoms with E-state index in [9.17, 15) is 0 Å². The zero-order valence-electron chi connectivity index (χ0n) is 11.3. The number of nitrogens with zero attached hydrogens (tertiary/aromatic N) is 2. The Bertz CT molecular complexity index is 336. The summed E-state index contributed by atoms with van der Waals surface area (Å²) in [6.07, 6.45) is 0.732. The Kier molecular flexibility index (Phi) is 6.38. The van der Waals surface area contributed by atoms with Crippen molar-refractivity contribution in [3.63, 3.8) is 0 Å². The van der Waals surface area contributed by atoms with Crippen LogP contribution in [0.3, 0.4) is 0 Å². The SMILES string of the molecule is CCc1nc(NN)cc(OCCOCC(C)C)n1. The minimum atomic E-state index is 0.469. The molecular formula is C12H22N4O2. The van der Waals surface area contributed by atoms with Crippen molar-refractivity contribution in [3.05, 3.63) is 11.9 Å². The number of aromatic nitrogens is 2. The van der Waals surface area contributed by atoms with Gasteiger partial charge in [-0.15, -0.1) is 0 Å². The third kappa shape index (κ3) is 5.29. The fourth-order valence-corrected chi connectivity index (χ4v) is 1.30. The van der Waals surface area contributed by atoms with E-state index in [1.54, 1.807) is 6.07 Å². The molecule has 0 atom stereocenters. The zero-order chi connectivity index (χ0) is 13.4. The molecule has 0 bridgehead atoms. The maximum absolute atomic E-state index is 5.50. The molecule has 0 amide bonds. The number of ether oxygens (including phenoxy) is 2. The van der Waals surface area contributed by atoms with Gasteiger partial charge in [-0.25, -0.2) is 10.8 Å². The van der Waals surface area contributed by atoms with Crippen LogP contribution in [0.4, 0.5) is 5.82 Å². The number of hydrogen-bond donors (Lipinski definition) is 2. The van der Waals surface area contributed by atoms with Crippen LogP contribution in [-0.2, 0) is 11.2 Å². The van der Waals surface area contributed by atoms with Crippen molar-refractivity contribution in [1.82, 2.24) is 9.97 Å². The molecule has 0 saturated heterocycles. The van der Waals surface area contributed by atoms with Crippen LogP contribution < -0.4 is 16.0 Å². The van der Waals surface area contributed by atoms with E-state index in [1.807, 2.05) is 6.92 Å². The summed E-state index contributed by atoms with van der Waals surface area (Å²) in [6, 6.07) is 1.67. The van der Waals surface area contributed by atoms with Crippen molar-refractivity contribution < 1.29 is 9.47 Å². The largest absolute Gasteiger partial charge is 0.475 e. The number of rotatable bonds is 8. The summed E-state index contributed by atoms with van der Waals surface area (Å²) in [5.41, 5.74) is 2.50. The third-order valence-corrected chi connectivity index (χ3v) is 2.14. The molecule has 1 aromatic rings. The molecule has 6 nitrogen and oxygen atoms in total. The van der Waals surface area contributed by atoms with Crippen LogP contribution in [0.2, 0.25) is 0 Å². The second-order valence-corrected chi connectivity index (χ2v) is 4.32. The van der Waals surface area contributed by atoms with Gasteiger partial charge in [0.2, 0.25) is 5.88 Å². The van der Waals surface area contributed by atoms with Crippen LogP contribution >= 0.6 is 0 Å². The highest BCUT2D eigenvalue weighted by atomic mass is 16.5. The predicted molar refractivity (Wildman–Crippen MR) is 70.4 cm³/mol. The van der Waals surface area contributed by atoms with E-state index in [0.29, 0.717) is 36.7 Å². The van der Waals surface area contributed by atoms with Gasteiger partial charge < -0.3 is 14.9 Å². The van der Waals surface area contributed by atoms with E-state index in [4.69, 9.17) is 15.3 Å². The molecule has 0 aliphatic heterocycles. The second-order valence-electron chi connectivity index (χ2n) is 4.32. The molecule has 1 aromatic heterocycles. The van der Waals surface area contributed by atoms with Crippen LogP contribution in [0.15, 0.2) is 6.07 Å². The second kappa shape index (κ2) is 7.84. The smallest absolute Gasteiger partial charge is 0.218 e. The van der Waals surface area contributed by atoms with Crippen molar-refractivity contribution in [2.75, 3.05) is 25.2 Å². The molecule has 0 unspecified atom stereocenters. The highest BCUT2D eigenvalue weighted by Crippen LogP contribution is 2.12. The first-order chi connectivity index (χ1) is 8.65. The van der Waals surface area contributed by atoms with Crippen molar-refractivity contribution in [2.45, 2.75) is 27.2 Å². The van der Waals surface area contributed by atoms with E-state index >= 15 is 0 Å². The lowest BCUT2D eigenvalue weighted by Gasteiger charge is -2.09. The first-order valence-corrected chi connectivity index (χ1v) is 6.20. The highest BCUT2D eigenvalue weighted by Gasteiger charge is 2.03. The number of hydrogen-bond acceptors (Lipinski definition) is 6. The molecule has 0 fully saturated rings. The number of hydrazine groups is 1. The van der Waals surface area contributed by atoms with Crippen molar-refractivity contribution >= 4 is 5.82 Å². The first kappa shape index (κ1) is 14.7. The number of nitrogen functional groups attached to an aromatic ring is 1. The van der Waals surface area contributed by atoms with Crippen LogP contribution in [0.25, 0.3) is 0 Å². The molecule has 0 aliphatic carbocycles. The molecule has 102 valence electrons. The molecule has 0 spiro atoms. The lowest BCUT2D eigenvalue weighted by molar-refractivity contribution is 0.0805. The van der Waals surface area contributed by atoms with Gasteiger partial charge in [-0.1, -0.05) is 20.8 Å². The molecule has 18 heavy (non-hydrogen) atoms. The lowest BCUT2D eigenvalue weighted by Crippen LogP contribution is -2.13. The van der Waals surface area contributed by atoms with E-state index in [2.05, 4.69) is 29.2 Å². The van der Waals surface area contributed by atoms with Crippen molar-refractivity contribution in [1.29, 1.82) is 0 Å². The van der Waals surface area contributed by atoms with Crippen molar-refractivity contribution in [3.8, 4) is 5.88 Å². The zero-order valence-corrected chi connectivity index (χ0v) is 11.3. The Labute approximate surface area is 108 Å². The van der Waals surface area contributed by atoms with Crippen LogP contribution in [0, 0.1) is 5.92 Å². The number of anilines is 1. The molecular weight excluding hydrogens is 232 g/mol. The summed E-state index contributed by atoms with van der Waals surface area (Å²) in [4.78, 5) is 8.43. The van der Waals surface area contributed by atoms with E-state index < -0.39 is 0 Å². The van der Waals surface area contributed by atoms with Gasteiger partial charge in [-0.2, -0.15) is 4.98 Å². The number of nitrogens with two attached hydrogens (primary N) is 1. The fourth-order valence-electron chi connectivity index (χ4n) is 1.30. The normalized spacial score (nSPS) is 10.7. The van der Waals surface area contributed by atoms with Gasteiger partial charge in [0.25, 0.3) is 0 Å². The van der Waals surface area contributed by atoms with E-state index in [0.717, 1.165) is 13.0 Å². The average molecular weight is 254 g/mol. The molecule has 6 heteroatoms. The average Bonchev–Trinajstić information content (AvgIpc) is 2.37. The summed E-state index contributed by atoms with van der Waals surface area (Å²) in [6.45, 7) is 7.95. The van der Waals surface area contributed by atoms with E-state index in [1.165, 1.54) is 0 Å². The van der Waals surface area contributed by atoms with Crippen LogP contribution in [0.1, 0.15) is 26.6 Å². The molecule has 0 aromatic carbocycles.